The maximum atomic E-state index is 11.6. The Bertz CT molecular complexity index is 517. The van der Waals surface area contributed by atoms with Crippen LogP contribution in [0.1, 0.15) is 12.5 Å². The number of ether oxygens (including phenoxy) is 2. The van der Waals surface area contributed by atoms with Crippen molar-refractivity contribution < 1.29 is 19.1 Å². The van der Waals surface area contributed by atoms with Crippen LogP contribution in [0.3, 0.4) is 0 Å². The van der Waals surface area contributed by atoms with Gasteiger partial charge in [0.25, 0.3) is 5.91 Å². The number of hydrogen-bond donors (Lipinski definition) is 0. The quantitative estimate of drug-likeness (QED) is 0.748. The second-order valence-corrected chi connectivity index (χ2v) is 4.29. The summed E-state index contributed by atoms with van der Waals surface area (Å²) in [5.74, 6) is -0.471. The fraction of sp³-hybridized carbons (Fsp3) is 0.357. The van der Waals surface area contributed by atoms with Crippen molar-refractivity contribution in [2.75, 3.05) is 20.7 Å². The third kappa shape index (κ3) is 4.61. The van der Waals surface area contributed by atoms with Gasteiger partial charge in [0.05, 0.1) is 11.6 Å². The third-order valence-corrected chi connectivity index (χ3v) is 2.46. The van der Waals surface area contributed by atoms with Crippen LogP contribution in [0.15, 0.2) is 24.3 Å². The molecule has 1 aromatic carbocycles. The van der Waals surface area contributed by atoms with Crippen molar-refractivity contribution in [2.45, 2.75) is 13.0 Å². The lowest BCUT2D eigenvalue weighted by molar-refractivity contribution is -0.156. The van der Waals surface area contributed by atoms with E-state index in [-0.39, 0.29) is 12.5 Å². The van der Waals surface area contributed by atoms with Crippen molar-refractivity contribution >= 4 is 11.9 Å². The van der Waals surface area contributed by atoms with E-state index in [0.29, 0.717) is 11.3 Å². The molecule has 6 nitrogen and oxygen atoms in total. The van der Waals surface area contributed by atoms with E-state index in [1.807, 2.05) is 6.07 Å². The van der Waals surface area contributed by atoms with Gasteiger partial charge in [-0.15, -0.1) is 0 Å². The van der Waals surface area contributed by atoms with Gasteiger partial charge in [-0.05, 0) is 31.2 Å². The second-order valence-electron chi connectivity index (χ2n) is 4.29. The zero-order chi connectivity index (χ0) is 15.1. The van der Waals surface area contributed by atoms with Gasteiger partial charge in [0, 0.05) is 14.1 Å². The average Bonchev–Trinajstić information content (AvgIpc) is 2.44. The molecule has 0 N–H and O–H groups in total. The molecule has 0 heterocycles. The van der Waals surface area contributed by atoms with Gasteiger partial charge in [-0.3, -0.25) is 4.79 Å². The number of carbonyl (C=O) groups is 2. The Labute approximate surface area is 117 Å². The van der Waals surface area contributed by atoms with E-state index in [4.69, 9.17) is 14.7 Å². The molecule has 0 fully saturated rings. The maximum absolute atomic E-state index is 11.6. The van der Waals surface area contributed by atoms with Crippen molar-refractivity contribution in [3.05, 3.63) is 29.8 Å². The van der Waals surface area contributed by atoms with Gasteiger partial charge in [0.15, 0.2) is 12.7 Å². The van der Waals surface area contributed by atoms with Gasteiger partial charge in [0.1, 0.15) is 5.75 Å². The van der Waals surface area contributed by atoms with Crippen molar-refractivity contribution in [1.82, 2.24) is 4.90 Å². The van der Waals surface area contributed by atoms with Gasteiger partial charge in [-0.25, -0.2) is 4.79 Å². The van der Waals surface area contributed by atoms with Crippen LogP contribution in [0, 0.1) is 11.3 Å². The normalized spacial score (nSPS) is 11.1. The van der Waals surface area contributed by atoms with Gasteiger partial charge in [-0.2, -0.15) is 5.26 Å². The van der Waals surface area contributed by atoms with E-state index in [1.165, 1.54) is 11.8 Å². The molecule has 0 aliphatic carbocycles. The number of amides is 1. The van der Waals surface area contributed by atoms with E-state index < -0.39 is 12.1 Å². The van der Waals surface area contributed by atoms with Crippen LogP contribution in [-0.4, -0.2) is 43.6 Å². The summed E-state index contributed by atoms with van der Waals surface area (Å²) in [6.07, 6.45) is -0.835. The standard InChI is InChI=1S/C14H16N2O4/c1-10(14(18)19-9-13(17)16(2)3)20-12-6-4-11(8-15)5-7-12/h4-7,10H,9H2,1-3H3/t10-/m1/s1. The van der Waals surface area contributed by atoms with Gasteiger partial charge >= 0.3 is 5.97 Å². The summed E-state index contributed by atoms with van der Waals surface area (Å²) in [5, 5.41) is 8.66. The number of esters is 1. The van der Waals surface area contributed by atoms with Crippen LogP contribution in [0.25, 0.3) is 0 Å². The average molecular weight is 276 g/mol. The fourth-order valence-electron chi connectivity index (χ4n) is 1.24. The minimum absolute atomic E-state index is 0.302. The Morgan fingerprint density at radius 1 is 1.30 bits per heavy atom. The molecule has 0 aliphatic heterocycles. The van der Waals surface area contributed by atoms with Crippen molar-refractivity contribution in [2.24, 2.45) is 0 Å². The number of benzene rings is 1. The number of likely N-dealkylation sites (N-methyl/N-ethyl adjacent to an activating group) is 1. The molecular formula is C14H16N2O4. The Morgan fingerprint density at radius 2 is 1.90 bits per heavy atom. The molecule has 0 spiro atoms. The summed E-state index contributed by atoms with van der Waals surface area (Å²) in [6, 6.07) is 8.34. The Morgan fingerprint density at radius 3 is 2.40 bits per heavy atom. The molecule has 0 radical (unpaired) electrons. The Balaban J connectivity index is 2.49. The first-order chi connectivity index (χ1) is 9.43. The van der Waals surface area contributed by atoms with Crippen molar-refractivity contribution in [3.63, 3.8) is 0 Å². The summed E-state index contributed by atoms with van der Waals surface area (Å²) in [5.41, 5.74) is 0.504. The summed E-state index contributed by atoms with van der Waals surface area (Å²) in [6.45, 7) is 1.22. The molecule has 6 heteroatoms. The van der Waals surface area contributed by atoms with E-state index in [2.05, 4.69) is 0 Å². The third-order valence-electron chi connectivity index (χ3n) is 2.46. The minimum Gasteiger partial charge on any atom is -0.479 e. The predicted octanol–water partition coefficient (Wildman–Crippen LogP) is 0.957. The van der Waals surface area contributed by atoms with Crippen molar-refractivity contribution in [1.29, 1.82) is 5.26 Å². The molecule has 106 valence electrons. The first-order valence-electron chi connectivity index (χ1n) is 5.97. The van der Waals surface area contributed by atoms with E-state index in [0.717, 1.165) is 0 Å². The summed E-state index contributed by atoms with van der Waals surface area (Å²) in [4.78, 5) is 24.2. The number of carbonyl (C=O) groups excluding carboxylic acids is 2. The SMILES string of the molecule is C[C@@H](Oc1ccc(C#N)cc1)C(=O)OCC(=O)N(C)C. The predicted molar refractivity (Wildman–Crippen MR) is 70.9 cm³/mol. The van der Waals surface area contributed by atoms with Crippen LogP contribution in [0.5, 0.6) is 5.75 Å². The number of hydrogen-bond acceptors (Lipinski definition) is 5. The Kier molecular flexibility index (Phi) is 5.54. The zero-order valence-corrected chi connectivity index (χ0v) is 11.6. The molecule has 0 aliphatic rings. The largest absolute Gasteiger partial charge is 0.479 e. The highest BCUT2D eigenvalue weighted by molar-refractivity contribution is 5.81. The van der Waals surface area contributed by atoms with Crippen LogP contribution in [-0.2, 0) is 14.3 Å². The number of nitrogens with zero attached hydrogens (tertiary/aromatic N) is 2. The maximum Gasteiger partial charge on any atom is 0.347 e. The smallest absolute Gasteiger partial charge is 0.347 e. The zero-order valence-electron chi connectivity index (χ0n) is 11.6. The molecule has 0 saturated heterocycles. The van der Waals surface area contributed by atoms with Gasteiger partial charge in [-0.1, -0.05) is 0 Å². The van der Waals surface area contributed by atoms with Gasteiger partial charge in [0.2, 0.25) is 0 Å². The molecular weight excluding hydrogens is 260 g/mol. The lowest BCUT2D eigenvalue weighted by Crippen LogP contribution is -2.32. The Hall–Kier alpha value is -2.55. The highest BCUT2D eigenvalue weighted by Gasteiger charge is 2.18. The summed E-state index contributed by atoms with van der Waals surface area (Å²) < 4.78 is 10.2. The molecule has 0 unspecified atom stereocenters. The molecule has 1 rings (SSSR count). The second kappa shape index (κ2) is 7.14. The first kappa shape index (κ1) is 15.5. The molecule has 0 aromatic heterocycles. The lowest BCUT2D eigenvalue weighted by atomic mass is 10.2. The summed E-state index contributed by atoms with van der Waals surface area (Å²) in [7, 11) is 3.15. The van der Waals surface area contributed by atoms with Crippen LogP contribution in [0.2, 0.25) is 0 Å². The molecule has 1 atom stereocenters. The molecule has 0 bridgehead atoms. The molecule has 0 saturated carbocycles. The first-order valence-corrected chi connectivity index (χ1v) is 5.97. The molecule has 1 aromatic rings. The lowest BCUT2D eigenvalue weighted by Gasteiger charge is -2.15. The van der Waals surface area contributed by atoms with E-state index in [1.54, 1.807) is 38.4 Å². The van der Waals surface area contributed by atoms with E-state index >= 15 is 0 Å². The number of rotatable bonds is 5. The van der Waals surface area contributed by atoms with Crippen LogP contribution in [0.4, 0.5) is 0 Å². The topological polar surface area (TPSA) is 79.6 Å². The van der Waals surface area contributed by atoms with E-state index in [9.17, 15) is 9.59 Å². The fourth-order valence-corrected chi connectivity index (χ4v) is 1.24. The van der Waals surface area contributed by atoms with Crippen LogP contribution >= 0.6 is 0 Å². The number of nitriles is 1. The highest BCUT2D eigenvalue weighted by Crippen LogP contribution is 2.13. The highest BCUT2D eigenvalue weighted by atomic mass is 16.6. The van der Waals surface area contributed by atoms with Gasteiger partial charge < -0.3 is 14.4 Å². The summed E-state index contributed by atoms with van der Waals surface area (Å²) >= 11 is 0. The molecule has 20 heavy (non-hydrogen) atoms. The van der Waals surface area contributed by atoms with Crippen LogP contribution < -0.4 is 4.74 Å². The minimum atomic E-state index is -0.835. The molecule has 1 amide bonds. The monoisotopic (exact) mass is 276 g/mol. The van der Waals surface area contributed by atoms with Crippen molar-refractivity contribution in [3.8, 4) is 11.8 Å².